The van der Waals surface area contributed by atoms with Gasteiger partial charge in [-0.15, -0.1) is 0 Å². The predicted octanol–water partition coefficient (Wildman–Crippen LogP) is 1.30. The van der Waals surface area contributed by atoms with Crippen molar-refractivity contribution in [1.82, 2.24) is 9.80 Å². The molecule has 2 aliphatic heterocycles. The summed E-state index contributed by atoms with van der Waals surface area (Å²) in [6.45, 7) is -0.779. The lowest BCUT2D eigenvalue weighted by Crippen LogP contribution is -2.40. The van der Waals surface area contributed by atoms with Crippen LogP contribution in [0.4, 0.5) is 0 Å². The van der Waals surface area contributed by atoms with Crippen LogP contribution in [0.25, 0.3) is 0 Å². The van der Waals surface area contributed by atoms with Gasteiger partial charge in [0.1, 0.15) is 0 Å². The maximum Gasteiger partial charge on any atom is 0.338 e. The summed E-state index contributed by atoms with van der Waals surface area (Å²) in [6, 6.07) is 8.77. The first-order chi connectivity index (χ1) is 17.6. The monoisotopic (exact) mass is 530 g/mol. The molecule has 3 amide bonds. The van der Waals surface area contributed by atoms with Crippen LogP contribution in [0, 0.1) is 0 Å². The predicted molar refractivity (Wildman–Crippen MR) is 130 cm³/mol. The minimum absolute atomic E-state index is 0.0105. The average molecular weight is 531 g/mol. The summed E-state index contributed by atoms with van der Waals surface area (Å²) >= 11 is 0. The first-order valence-electron chi connectivity index (χ1n) is 11.4. The van der Waals surface area contributed by atoms with Crippen molar-refractivity contribution in [3.05, 3.63) is 58.7 Å². The number of amides is 3. The Bertz CT molecular complexity index is 1350. The Morgan fingerprint density at radius 2 is 1.70 bits per heavy atom. The molecule has 0 aliphatic carbocycles. The highest BCUT2D eigenvalue weighted by Crippen LogP contribution is 2.35. The van der Waals surface area contributed by atoms with Gasteiger partial charge < -0.3 is 19.1 Å². The molecule has 0 spiro atoms. The third-order valence-corrected chi connectivity index (χ3v) is 8.22. The van der Waals surface area contributed by atoms with Crippen LogP contribution >= 0.6 is 0 Å². The van der Waals surface area contributed by atoms with Gasteiger partial charge in [0.25, 0.3) is 17.7 Å². The summed E-state index contributed by atoms with van der Waals surface area (Å²) in [6.07, 6.45) is 0.329. The van der Waals surface area contributed by atoms with Crippen LogP contribution in [0.3, 0.4) is 0 Å². The number of rotatable bonds is 8. The minimum Gasteiger partial charge on any atom is -0.493 e. The van der Waals surface area contributed by atoms with Gasteiger partial charge in [0, 0.05) is 18.7 Å². The number of sulfone groups is 1. The second kappa shape index (κ2) is 10.2. The normalized spacial score (nSPS) is 17.9. The number of ether oxygens (including phenoxy) is 3. The number of methoxy groups -OCH3 is 2. The number of carbonyl (C=O) groups excluding carboxylic acids is 4. The summed E-state index contributed by atoms with van der Waals surface area (Å²) in [4.78, 5) is 53.3. The van der Waals surface area contributed by atoms with Gasteiger partial charge >= 0.3 is 5.97 Å². The van der Waals surface area contributed by atoms with E-state index in [4.69, 9.17) is 14.2 Å². The van der Waals surface area contributed by atoms with E-state index in [1.54, 1.807) is 24.3 Å². The van der Waals surface area contributed by atoms with Crippen LogP contribution < -0.4 is 9.47 Å². The maximum atomic E-state index is 12.8. The third kappa shape index (κ3) is 5.15. The Morgan fingerprint density at radius 3 is 2.24 bits per heavy atom. The van der Waals surface area contributed by atoms with E-state index in [2.05, 4.69) is 0 Å². The maximum absolute atomic E-state index is 12.8. The number of benzene rings is 2. The smallest absolute Gasteiger partial charge is 0.338 e. The molecule has 1 unspecified atom stereocenters. The highest BCUT2D eigenvalue weighted by atomic mass is 32.2. The van der Waals surface area contributed by atoms with E-state index in [9.17, 15) is 27.6 Å². The van der Waals surface area contributed by atoms with Crippen LogP contribution in [-0.4, -0.2) is 87.3 Å². The SMILES string of the molecule is COc1cc(C(=O)OCC(=O)N(C)C2CCS(=O)(=O)C2)cc(CN2C(=O)c3ccccc3C2=O)c1OC. The lowest BCUT2D eigenvalue weighted by Gasteiger charge is -2.23. The zero-order chi connectivity index (χ0) is 26.9. The van der Waals surface area contributed by atoms with Crippen LogP contribution in [0.15, 0.2) is 36.4 Å². The number of fused-ring (bicyclic) bond motifs is 1. The molecule has 1 atom stereocenters. The van der Waals surface area contributed by atoms with E-state index in [-0.39, 0.29) is 46.2 Å². The molecule has 2 aliphatic rings. The van der Waals surface area contributed by atoms with Gasteiger partial charge in [-0.25, -0.2) is 13.2 Å². The summed E-state index contributed by atoms with van der Waals surface area (Å²) in [5.41, 5.74) is 0.907. The summed E-state index contributed by atoms with van der Waals surface area (Å²) in [5.74, 6) is -2.05. The molecule has 196 valence electrons. The molecule has 37 heavy (non-hydrogen) atoms. The zero-order valence-electron chi connectivity index (χ0n) is 20.6. The van der Waals surface area contributed by atoms with Crippen molar-refractivity contribution in [2.75, 3.05) is 39.4 Å². The molecule has 0 aromatic heterocycles. The topological polar surface area (TPSA) is 137 Å². The highest BCUT2D eigenvalue weighted by molar-refractivity contribution is 7.91. The molecule has 4 rings (SSSR count). The van der Waals surface area contributed by atoms with Gasteiger partial charge in [-0.05, 0) is 30.7 Å². The second-order valence-corrected chi connectivity index (χ2v) is 11.0. The van der Waals surface area contributed by atoms with Crippen LogP contribution in [0.1, 0.15) is 43.1 Å². The number of likely N-dealkylation sites (N-methyl/N-ethyl adjacent to an activating group) is 1. The Labute approximate surface area is 213 Å². The number of hydrogen-bond acceptors (Lipinski definition) is 9. The quantitative estimate of drug-likeness (QED) is 0.365. The Kier molecular flexibility index (Phi) is 7.21. The number of hydrogen-bond donors (Lipinski definition) is 0. The van der Waals surface area contributed by atoms with Gasteiger partial charge in [-0.1, -0.05) is 12.1 Å². The van der Waals surface area contributed by atoms with Crippen LogP contribution in [0.2, 0.25) is 0 Å². The fraction of sp³-hybridized carbons (Fsp3) is 0.360. The van der Waals surface area contributed by atoms with Gasteiger partial charge in [0.05, 0.1) is 49.0 Å². The van der Waals surface area contributed by atoms with E-state index in [0.717, 1.165) is 4.90 Å². The molecular formula is C25H26N2O9S. The highest BCUT2D eigenvalue weighted by Gasteiger charge is 2.36. The Hall–Kier alpha value is -3.93. The molecule has 0 N–H and O–H groups in total. The Morgan fingerprint density at radius 1 is 1.05 bits per heavy atom. The van der Waals surface area contributed by atoms with Crippen molar-refractivity contribution < 1.29 is 41.8 Å². The fourth-order valence-electron chi connectivity index (χ4n) is 4.43. The summed E-state index contributed by atoms with van der Waals surface area (Å²) in [7, 11) is 1.04. The molecule has 0 bridgehead atoms. The Balaban J connectivity index is 1.51. The lowest BCUT2D eigenvalue weighted by atomic mass is 10.1. The largest absolute Gasteiger partial charge is 0.493 e. The van der Waals surface area contributed by atoms with Crippen molar-refractivity contribution >= 4 is 33.5 Å². The molecule has 2 aromatic rings. The van der Waals surface area contributed by atoms with E-state index in [1.807, 2.05) is 0 Å². The van der Waals surface area contributed by atoms with Crippen LogP contribution in [-0.2, 0) is 25.9 Å². The van der Waals surface area contributed by atoms with E-state index < -0.39 is 46.2 Å². The molecule has 0 saturated carbocycles. The van der Waals surface area contributed by atoms with E-state index >= 15 is 0 Å². The molecule has 1 saturated heterocycles. The number of nitrogens with zero attached hydrogens (tertiary/aromatic N) is 2. The molecule has 2 aromatic carbocycles. The van der Waals surface area contributed by atoms with Crippen molar-refractivity contribution in [3.8, 4) is 11.5 Å². The first-order valence-corrected chi connectivity index (χ1v) is 13.2. The first kappa shape index (κ1) is 26.1. The molecule has 1 fully saturated rings. The van der Waals surface area contributed by atoms with Crippen molar-refractivity contribution in [1.29, 1.82) is 0 Å². The molecule has 2 heterocycles. The minimum atomic E-state index is -3.18. The van der Waals surface area contributed by atoms with Crippen molar-refractivity contribution in [2.45, 2.75) is 19.0 Å². The second-order valence-electron chi connectivity index (χ2n) is 8.75. The number of imide groups is 1. The lowest BCUT2D eigenvalue weighted by molar-refractivity contribution is -0.134. The van der Waals surface area contributed by atoms with Gasteiger partial charge in [0.2, 0.25) is 0 Å². The molecule has 11 nitrogen and oxygen atoms in total. The average Bonchev–Trinajstić information content (AvgIpc) is 3.37. The van der Waals surface area contributed by atoms with E-state index in [1.165, 1.54) is 38.3 Å². The molecular weight excluding hydrogens is 504 g/mol. The van der Waals surface area contributed by atoms with Gasteiger partial charge in [0.15, 0.2) is 27.9 Å². The zero-order valence-corrected chi connectivity index (χ0v) is 21.4. The number of carbonyl (C=O) groups is 4. The third-order valence-electron chi connectivity index (χ3n) is 6.47. The van der Waals surface area contributed by atoms with Gasteiger partial charge in [-0.2, -0.15) is 0 Å². The van der Waals surface area contributed by atoms with Gasteiger partial charge in [-0.3, -0.25) is 19.3 Å². The number of esters is 1. The van der Waals surface area contributed by atoms with Crippen molar-refractivity contribution in [2.24, 2.45) is 0 Å². The van der Waals surface area contributed by atoms with Crippen molar-refractivity contribution in [3.63, 3.8) is 0 Å². The standard InChI is InChI=1S/C25H26N2O9S/c1-26(17-8-9-37(32,33)14-17)21(28)13-36-25(31)15-10-16(22(35-3)20(11-15)34-2)12-27-23(29)18-6-4-5-7-19(18)24(27)30/h4-7,10-11,17H,8-9,12-14H2,1-3H3. The van der Waals surface area contributed by atoms with E-state index in [0.29, 0.717) is 12.0 Å². The molecule has 12 heteroatoms. The summed E-state index contributed by atoms with van der Waals surface area (Å²) in [5, 5.41) is 0. The summed E-state index contributed by atoms with van der Waals surface area (Å²) < 4.78 is 39.4. The fourth-order valence-corrected chi connectivity index (χ4v) is 6.20. The van der Waals surface area contributed by atoms with Crippen LogP contribution in [0.5, 0.6) is 11.5 Å². The molecule has 0 radical (unpaired) electrons.